The van der Waals surface area contributed by atoms with Crippen molar-refractivity contribution in [2.24, 2.45) is 0 Å². The summed E-state index contributed by atoms with van der Waals surface area (Å²) in [6, 6.07) is 60.7. The molecule has 0 bridgehead atoms. The molecule has 0 aliphatic heterocycles. The zero-order valence-electron chi connectivity index (χ0n) is 35.0. The van der Waals surface area contributed by atoms with Crippen molar-refractivity contribution in [3.05, 3.63) is 186 Å². The van der Waals surface area contributed by atoms with Crippen LogP contribution in [0.2, 0.25) is 0 Å². The van der Waals surface area contributed by atoms with Crippen LogP contribution in [-0.4, -0.2) is 0 Å². The van der Waals surface area contributed by atoms with Crippen LogP contribution in [0.25, 0.3) is 64.3 Å². The number of benzene rings is 8. The second-order valence-corrected chi connectivity index (χ2v) is 19.8. The maximum atomic E-state index is 2.58. The Labute approximate surface area is 358 Å². The van der Waals surface area contributed by atoms with Gasteiger partial charge < -0.3 is 4.90 Å². The van der Waals surface area contributed by atoms with Crippen molar-refractivity contribution in [1.29, 1.82) is 0 Å². The second kappa shape index (κ2) is 13.3. The Morgan fingerprint density at radius 2 is 1.08 bits per heavy atom. The molecule has 0 radical (unpaired) electrons. The number of hydrogen-bond donors (Lipinski definition) is 0. The Bertz CT molecular complexity index is 3210. The van der Waals surface area contributed by atoms with Gasteiger partial charge >= 0.3 is 0 Å². The van der Waals surface area contributed by atoms with Crippen LogP contribution < -0.4 is 4.90 Å². The second-order valence-electron chi connectivity index (χ2n) is 18.8. The van der Waals surface area contributed by atoms with Gasteiger partial charge in [-0.1, -0.05) is 156 Å². The third-order valence-electron chi connectivity index (χ3n) is 14.6. The van der Waals surface area contributed by atoms with Gasteiger partial charge in [0.1, 0.15) is 0 Å². The average Bonchev–Trinajstić information content (AvgIpc) is 3.85. The predicted octanol–water partition coefficient (Wildman–Crippen LogP) is 17.0. The van der Waals surface area contributed by atoms with Crippen LogP contribution in [0.1, 0.15) is 93.5 Å². The maximum absolute atomic E-state index is 2.58. The monoisotopic (exact) mass is 791 g/mol. The first-order valence-electron chi connectivity index (χ1n) is 22.0. The SMILES string of the molecule is CC1(C)c2ccccc2-c2cc(N(c3ccc4c(c3)C(C)(C)c3cc(C5CCCCC5)ccc3-4)c3cc4ccccc4cc3-c3ccc4c(c3)sc3ccccc34)ccc21. The van der Waals surface area contributed by atoms with Gasteiger partial charge in [0.25, 0.3) is 0 Å². The van der Waals surface area contributed by atoms with Crippen LogP contribution in [0.5, 0.6) is 0 Å². The molecule has 60 heavy (non-hydrogen) atoms. The third-order valence-corrected chi connectivity index (χ3v) is 15.8. The van der Waals surface area contributed by atoms with Crippen molar-refractivity contribution < 1.29 is 0 Å². The largest absolute Gasteiger partial charge is 0.310 e. The summed E-state index contributed by atoms with van der Waals surface area (Å²) in [4.78, 5) is 2.57. The molecule has 12 rings (SSSR count). The maximum Gasteiger partial charge on any atom is 0.0546 e. The first-order chi connectivity index (χ1) is 29.2. The summed E-state index contributed by atoms with van der Waals surface area (Å²) in [5, 5.41) is 5.14. The minimum atomic E-state index is -0.129. The van der Waals surface area contributed by atoms with Crippen LogP contribution in [0.4, 0.5) is 17.1 Å². The number of nitrogens with zero attached hydrogens (tertiary/aromatic N) is 1. The van der Waals surface area contributed by atoms with Crippen molar-refractivity contribution in [1.82, 2.24) is 0 Å². The summed E-state index contributed by atoms with van der Waals surface area (Å²) >= 11 is 1.89. The van der Waals surface area contributed by atoms with Gasteiger partial charge in [0.15, 0.2) is 0 Å². The lowest BCUT2D eigenvalue weighted by Gasteiger charge is -2.31. The topological polar surface area (TPSA) is 3.24 Å². The zero-order valence-corrected chi connectivity index (χ0v) is 35.8. The van der Waals surface area contributed by atoms with Crippen molar-refractivity contribution >= 4 is 59.3 Å². The summed E-state index contributed by atoms with van der Waals surface area (Å²) in [5.74, 6) is 0.683. The van der Waals surface area contributed by atoms with Gasteiger partial charge in [-0.15, -0.1) is 11.3 Å². The fourth-order valence-electron chi connectivity index (χ4n) is 11.4. The van der Waals surface area contributed by atoms with E-state index in [1.54, 1.807) is 0 Å². The highest BCUT2D eigenvalue weighted by molar-refractivity contribution is 7.25. The van der Waals surface area contributed by atoms with Crippen LogP contribution in [-0.2, 0) is 10.8 Å². The van der Waals surface area contributed by atoms with Crippen molar-refractivity contribution in [3.63, 3.8) is 0 Å². The van der Waals surface area contributed by atoms with E-state index < -0.39 is 0 Å². The predicted molar refractivity (Wildman–Crippen MR) is 258 cm³/mol. The van der Waals surface area contributed by atoms with E-state index in [-0.39, 0.29) is 10.8 Å². The molecule has 0 saturated heterocycles. The Hall–Kier alpha value is -5.96. The molecular weight excluding hydrogens is 743 g/mol. The van der Waals surface area contributed by atoms with Crippen molar-refractivity contribution in [2.75, 3.05) is 4.90 Å². The molecule has 0 N–H and O–H groups in total. The minimum Gasteiger partial charge on any atom is -0.310 e. The van der Waals surface area contributed by atoms with Gasteiger partial charge in [-0.25, -0.2) is 0 Å². The molecule has 0 atom stereocenters. The Morgan fingerprint density at radius 3 is 1.93 bits per heavy atom. The smallest absolute Gasteiger partial charge is 0.0546 e. The van der Waals surface area contributed by atoms with E-state index in [4.69, 9.17) is 0 Å². The molecule has 1 aromatic heterocycles. The minimum absolute atomic E-state index is 0.0666. The number of fused-ring (bicyclic) bond motifs is 10. The normalized spacial score (nSPS) is 16.2. The summed E-state index contributed by atoms with van der Waals surface area (Å²) in [5.41, 5.74) is 18.5. The molecule has 9 aromatic rings. The molecule has 1 saturated carbocycles. The first kappa shape index (κ1) is 35.9. The molecule has 1 heterocycles. The molecular formula is C58H49NS. The summed E-state index contributed by atoms with van der Waals surface area (Å²) in [7, 11) is 0. The van der Waals surface area contributed by atoms with Crippen LogP contribution in [0.3, 0.4) is 0 Å². The molecule has 1 fully saturated rings. The molecule has 2 heteroatoms. The molecule has 0 spiro atoms. The van der Waals surface area contributed by atoms with E-state index in [2.05, 4.69) is 190 Å². The number of hydrogen-bond acceptors (Lipinski definition) is 2. The lowest BCUT2D eigenvalue weighted by atomic mass is 9.79. The lowest BCUT2D eigenvalue weighted by molar-refractivity contribution is 0.443. The first-order valence-corrected chi connectivity index (χ1v) is 22.8. The van der Waals surface area contributed by atoms with E-state index in [0.29, 0.717) is 5.92 Å². The average molecular weight is 792 g/mol. The Kier molecular flexibility index (Phi) is 7.95. The van der Waals surface area contributed by atoms with E-state index in [9.17, 15) is 0 Å². The molecule has 3 aliphatic carbocycles. The van der Waals surface area contributed by atoms with E-state index in [1.807, 2.05) is 11.3 Å². The zero-order chi connectivity index (χ0) is 40.3. The Balaban J connectivity index is 1.08. The van der Waals surface area contributed by atoms with Gasteiger partial charge in [-0.3, -0.25) is 0 Å². The molecule has 8 aromatic carbocycles. The number of rotatable bonds is 5. The van der Waals surface area contributed by atoms with Gasteiger partial charge in [0.05, 0.1) is 5.69 Å². The van der Waals surface area contributed by atoms with Crippen LogP contribution in [0, 0.1) is 0 Å². The highest BCUT2D eigenvalue weighted by atomic mass is 32.1. The van der Waals surface area contributed by atoms with Gasteiger partial charge in [-0.2, -0.15) is 0 Å². The number of anilines is 3. The number of thiophene rings is 1. The molecule has 1 nitrogen and oxygen atoms in total. The summed E-state index contributed by atoms with van der Waals surface area (Å²) < 4.78 is 2.65. The van der Waals surface area contributed by atoms with Gasteiger partial charge in [0.2, 0.25) is 0 Å². The van der Waals surface area contributed by atoms with Gasteiger partial charge in [-0.05, 0) is 134 Å². The van der Waals surface area contributed by atoms with Crippen LogP contribution >= 0.6 is 11.3 Å². The lowest BCUT2D eigenvalue weighted by Crippen LogP contribution is -2.18. The highest BCUT2D eigenvalue weighted by Crippen LogP contribution is 2.55. The quantitative estimate of drug-likeness (QED) is 0.168. The highest BCUT2D eigenvalue weighted by Gasteiger charge is 2.38. The molecule has 292 valence electrons. The standard InChI is InChI=1S/C58H49NS/c1-57(2)50-20-12-10-18-43(50)49-34-41(25-29-51(49)57)59(42-24-28-45-44-26-22-39(36-14-6-5-7-15-36)31-52(44)58(3,4)53(45)35-42)54-32-38-17-9-8-16-37(38)30-48(54)40-23-27-47-46-19-11-13-21-55(46)60-56(47)33-40/h8-13,16-36H,5-7,14-15H2,1-4H3. The fraction of sp³-hybridized carbons (Fsp3) is 0.207. The third kappa shape index (κ3) is 5.36. The van der Waals surface area contributed by atoms with E-state index in [0.717, 1.165) is 0 Å². The molecule has 0 amide bonds. The molecule has 3 aliphatic rings. The van der Waals surface area contributed by atoms with Gasteiger partial charge in [0, 0.05) is 47.9 Å². The van der Waals surface area contributed by atoms with E-state index in [1.165, 1.54) is 141 Å². The van der Waals surface area contributed by atoms with Crippen LogP contribution in [0.15, 0.2) is 158 Å². The molecule has 0 unspecified atom stereocenters. The van der Waals surface area contributed by atoms with Crippen molar-refractivity contribution in [3.8, 4) is 33.4 Å². The summed E-state index contributed by atoms with van der Waals surface area (Å²) in [6.45, 7) is 9.65. The van der Waals surface area contributed by atoms with Crippen molar-refractivity contribution in [2.45, 2.75) is 76.5 Å². The summed E-state index contributed by atoms with van der Waals surface area (Å²) in [6.07, 6.45) is 6.72. The Morgan fingerprint density at radius 1 is 0.450 bits per heavy atom. The fourth-order valence-corrected chi connectivity index (χ4v) is 12.5. The van der Waals surface area contributed by atoms with E-state index >= 15 is 0 Å².